The Balaban J connectivity index is 2.10. The number of rotatable bonds is 8. The first-order valence-electron chi connectivity index (χ1n) is 8.44. The van der Waals surface area contributed by atoms with Crippen LogP contribution >= 0.6 is 0 Å². The Labute approximate surface area is 156 Å². The number of carbonyl (C=O) groups is 3. The molecular weight excluding hydrogens is 351 g/mol. The third-order valence-electron chi connectivity index (χ3n) is 3.94. The average Bonchev–Trinajstić information content (AvgIpc) is 2.62. The van der Waals surface area contributed by atoms with Crippen molar-refractivity contribution in [3.63, 3.8) is 0 Å². The van der Waals surface area contributed by atoms with Crippen LogP contribution in [0.15, 0.2) is 54.6 Å². The van der Waals surface area contributed by atoms with Gasteiger partial charge in [-0.3, -0.25) is 9.59 Å². The molecule has 142 valence electrons. The molecule has 0 aliphatic carbocycles. The molecule has 0 unspecified atom stereocenters. The van der Waals surface area contributed by atoms with Crippen LogP contribution in [0.4, 0.5) is 4.39 Å². The third-order valence-corrected chi connectivity index (χ3v) is 3.94. The van der Waals surface area contributed by atoms with Crippen LogP contribution in [0.3, 0.4) is 0 Å². The molecule has 2 aromatic carbocycles. The maximum absolute atomic E-state index is 13.0. The Kier molecular flexibility index (Phi) is 7.05. The molecule has 7 heteroatoms. The predicted octanol–water partition coefficient (Wildman–Crippen LogP) is 1.68. The van der Waals surface area contributed by atoms with Gasteiger partial charge in [0.25, 0.3) is 0 Å². The van der Waals surface area contributed by atoms with Gasteiger partial charge in [-0.15, -0.1) is 0 Å². The van der Waals surface area contributed by atoms with Gasteiger partial charge < -0.3 is 15.7 Å². The van der Waals surface area contributed by atoms with Crippen LogP contribution in [0.1, 0.15) is 18.1 Å². The van der Waals surface area contributed by atoms with Crippen molar-refractivity contribution < 1.29 is 23.9 Å². The van der Waals surface area contributed by atoms with Gasteiger partial charge in [-0.25, -0.2) is 9.18 Å². The largest absolute Gasteiger partial charge is 0.480 e. The van der Waals surface area contributed by atoms with E-state index in [0.29, 0.717) is 5.56 Å². The molecule has 3 N–H and O–H groups in total. The minimum atomic E-state index is -1.17. The van der Waals surface area contributed by atoms with Crippen molar-refractivity contribution in [2.75, 3.05) is 0 Å². The lowest BCUT2D eigenvalue weighted by Gasteiger charge is -2.21. The minimum absolute atomic E-state index is 0.114. The van der Waals surface area contributed by atoms with E-state index in [0.717, 1.165) is 5.56 Å². The Morgan fingerprint density at radius 3 is 2.00 bits per heavy atom. The van der Waals surface area contributed by atoms with Gasteiger partial charge in [0.15, 0.2) is 0 Å². The van der Waals surface area contributed by atoms with Gasteiger partial charge in [-0.1, -0.05) is 42.5 Å². The van der Waals surface area contributed by atoms with Crippen molar-refractivity contribution in [2.24, 2.45) is 0 Å². The molecule has 0 saturated heterocycles. The number of carboxylic acid groups (broad SMARTS) is 1. The Morgan fingerprint density at radius 2 is 1.44 bits per heavy atom. The summed E-state index contributed by atoms with van der Waals surface area (Å²) < 4.78 is 13.0. The maximum Gasteiger partial charge on any atom is 0.326 e. The molecule has 0 heterocycles. The number of carboxylic acids is 1. The lowest BCUT2D eigenvalue weighted by Crippen LogP contribution is -2.52. The molecule has 0 fully saturated rings. The fourth-order valence-corrected chi connectivity index (χ4v) is 2.63. The van der Waals surface area contributed by atoms with Crippen molar-refractivity contribution in [2.45, 2.75) is 31.8 Å². The fourth-order valence-electron chi connectivity index (χ4n) is 2.63. The molecule has 0 bridgehead atoms. The summed E-state index contributed by atoms with van der Waals surface area (Å²) in [5.41, 5.74) is 1.40. The molecule has 0 aliphatic heterocycles. The van der Waals surface area contributed by atoms with Crippen molar-refractivity contribution in [3.05, 3.63) is 71.5 Å². The molecule has 0 spiro atoms. The number of amides is 2. The van der Waals surface area contributed by atoms with Crippen LogP contribution < -0.4 is 10.6 Å². The van der Waals surface area contributed by atoms with Gasteiger partial charge in [0.05, 0.1) is 0 Å². The highest BCUT2D eigenvalue weighted by Gasteiger charge is 2.26. The van der Waals surface area contributed by atoms with Gasteiger partial charge >= 0.3 is 5.97 Å². The Hall–Kier alpha value is -3.22. The highest BCUT2D eigenvalue weighted by Crippen LogP contribution is 2.08. The number of hydrogen-bond acceptors (Lipinski definition) is 3. The normalized spacial score (nSPS) is 12.7. The number of hydrogen-bond donors (Lipinski definition) is 3. The first kappa shape index (κ1) is 20.1. The van der Waals surface area contributed by atoms with Crippen LogP contribution in [0.2, 0.25) is 0 Å². The first-order valence-corrected chi connectivity index (χ1v) is 8.44. The second kappa shape index (κ2) is 9.47. The van der Waals surface area contributed by atoms with Crippen LogP contribution in [0.5, 0.6) is 0 Å². The summed E-state index contributed by atoms with van der Waals surface area (Å²) in [6.07, 6.45) is 0.231. The van der Waals surface area contributed by atoms with E-state index in [9.17, 15) is 23.9 Å². The lowest BCUT2D eigenvalue weighted by atomic mass is 10.0. The van der Waals surface area contributed by atoms with E-state index in [1.165, 1.54) is 31.2 Å². The van der Waals surface area contributed by atoms with E-state index in [4.69, 9.17) is 0 Å². The molecule has 27 heavy (non-hydrogen) atoms. The van der Waals surface area contributed by atoms with E-state index in [1.54, 1.807) is 24.3 Å². The van der Waals surface area contributed by atoms with Crippen molar-refractivity contribution in [1.82, 2.24) is 10.6 Å². The summed E-state index contributed by atoms with van der Waals surface area (Å²) in [4.78, 5) is 35.6. The molecule has 2 rings (SSSR count). The third kappa shape index (κ3) is 6.54. The number of carbonyl (C=O) groups excluding carboxylic acids is 2. The van der Waals surface area contributed by atoms with Gasteiger partial charge in [0.2, 0.25) is 11.8 Å². The van der Waals surface area contributed by atoms with Crippen LogP contribution in [0, 0.1) is 5.82 Å². The quantitative estimate of drug-likeness (QED) is 0.657. The average molecular weight is 372 g/mol. The topological polar surface area (TPSA) is 95.5 Å². The molecule has 0 aromatic heterocycles. The van der Waals surface area contributed by atoms with Gasteiger partial charge in [0, 0.05) is 19.8 Å². The molecule has 0 saturated carbocycles. The molecule has 2 aromatic rings. The van der Waals surface area contributed by atoms with E-state index in [-0.39, 0.29) is 12.8 Å². The number of nitrogens with one attached hydrogen (secondary N) is 2. The highest BCUT2D eigenvalue weighted by molar-refractivity contribution is 5.90. The van der Waals surface area contributed by atoms with Crippen molar-refractivity contribution in [1.29, 1.82) is 0 Å². The molecule has 6 nitrogen and oxygen atoms in total. The van der Waals surface area contributed by atoms with E-state index < -0.39 is 35.7 Å². The monoisotopic (exact) mass is 372 g/mol. The Bertz CT molecular complexity index is 793. The summed E-state index contributed by atoms with van der Waals surface area (Å²) in [5.74, 6) is -2.62. The SMILES string of the molecule is CC(=O)N[C@@H](Cc1ccc(F)cc1)C(=O)N[C@@H](Cc1ccccc1)C(=O)O. The summed E-state index contributed by atoms with van der Waals surface area (Å²) >= 11 is 0. The van der Waals surface area contributed by atoms with Gasteiger partial charge in [0.1, 0.15) is 17.9 Å². The fraction of sp³-hybridized carbons (Fsp3) is 0.250. The second-order valence-corrected chi connectivity index (χ2v) is 6.17. The van der Waals surface area contributed by atoms with E-state index in [2.05, 4.69) is 10.6 Å². The van der Waals surface area contributed by atoms with Crippen LogP contribution in [-0.4, -0.2) is 35.0 Å². The van der Waals surface area contributed by atoms with Crippen molar-refractivity contribution in [3.8, 4) is 0 Å². The predicted molar refractivity (Wildman–Crippen MR) is 97.4 cm³/mol. The lowest BCUT2D eigenvalue weighted by molar-refractivity contribution is -0.142. The molecule has 2 atom stereocenters. The second-order valence-electron chi connectivity index (χ2n) is 6.17. The zero-order valence-corrected chi connectivity index (χ0v) is 14.8. The Morgan fingerprint density at radius 1 is 0.889 bits per heavy atom. The molecule has 0 radical (unpaired) electrons. The zero-order chi connectivity index (χ0) is 19.8. The molecule has 2 amide bonds. The van der Waals surface area contributed by atoms with Crippen LogP contribution in [-0.2, 0) is 27.2 Å². The van der Waals surface area contributed by atoms with E-state index in [1.807, 2.05) is 6.07 Å². The van der Waals surface area contributed by atoms with Gasteiger partial charge in [-0.2, -0.15) is 0 Å². The molecule has 0 aliphatic rings. The van der Waals surface area contributed by atoms with Crippen LogP contribution in [0.25, 0.3) is 0 Å². The summed E-state index contributed by atoms with van der Waals surface area (Å²) in [6.45, 7) is 1.27. The molecular formula is C20H21FN2O4. The van der Waals surface area contributed by atoms with Crippen molar-refractivity contribution >= 4 is 17.8 Å². The first-order chi connectivity index (χ1) is 12.8. The maximum atomic E-state index is 13.0. The highest BCUT2D eigenvalue weighted by atomic mass is 19.1. The standard InChI is InChI=1S/C20H21FN2O4/c1-13(24)22-17(11-15-7-9-16(21)10-8-15)19(25)23-18(20(26)27)12-14-5-3-2-4-6-14/h2-10,17-18H,11-12H2,1H3,(H,22,24)(H,23,25)(H,26,27)/t17-,18-/m0/s1. The van der Waals surface area contributed by atoms with Gasteiger partial charge in [-0.05, 0) is 23.3 Å². The smallest absolute Gasteiger partial charge is 0.326 e. The zero-order valence-electron chi connectivity index (χ0n) is 14.8. The number of aliphatic carboxylic acids is 1. The number of halogens is 1. The number of benzene rings is 2. The van der Waals surface area contributed by atoms with E-state index >= 15 is 0 Å². The summed E-state index contributed by atoms with van der Waals surface area (Å²) in [6, 6.07) is 12.4. The summed E-state index contributed by atoms with van der Waals surface area (Å²) in [5, 5.41) is 14.4. The summed E-state index contributed by atoms with van der Waals surface area (Å²) in [7, 11) is 0. The minimum Gasteiger partial charge on any atom is -0.480 e.